The first-order chi connectivity index (χ1) is 12.4. The Balaban J connectivity index is -0.000000490. The second kappa shape index (κ2) is 11.1. The molecule has 0 aliphatic rings. The largest absolute Gasteiger partial charge is 2.00 e. The van der Waals surface area contributed by atoms with Gasteiger partial charge < -0.3 is 9.30 Å². The van der Waals surface area contributed by atoms with Gasteiger partial charge in [-0.05, 0) is 0 Å². The van der Waals surface area contributed by atoms with E-state index in [-0.39, 0.29) is 23.1 Å². The Morgan fingerprint density at radius 1 is 0.323 bits per heavy atom. The van der Waals surface area contributed by atoms with Crippen molar-refractivity contribution in [1.82, 2.24) is 0 Å². The van der Waals surface area contributed by atoms with Crippen LogP contribution in [0.3, 0.4) is 0 Å². The molecule has 0 N–H and O–H groups in total. The van der Waals surface area contributed by atoms with E-state index >= 15 is 0 Å². The molecule has 0 aromatic heterocycles. The molecule has 0 aliphatic carbocycles. The zero-order valence-corrected chi connectivity index (χ0v) is 31.0. The Morgan fingerprint density at radius 3 is 0.484 bits per heavy atom. The molecule has 0 radical (unpaired) electrons. The quantitative estimate of drug-likeness (QED) is 0.335. The summed E-state index contributed by atoms with van der Waals surface area (Å²) in [4.78, 5) is 0. The van der Waals surface area contributed by atoms with Gasteiger partial charge >= 0.3 is 23.1 Å². The van der Waals surface area contributed by atoms with E-state index < -0.39 is 32.9 Å². The maximum Gasteiger partial charge on any atom is 2.00 e. The van der Waals surface area contributed by atoms with E-state index in [1.54, 1.807) is 0 Å². The monoisotopic (exact) mass is 512 g/mol. The van der Waals surface area contributed by atoms with Crippen molar-refractivity contribution in [3.8, 4) is 0 Å². The smallest absolute Gasteiger partial charge is 0.666 e. The van der Waals surface area contributed by atoms with Gasteiger partial charge in [-0.25, -0.2) is 0 Å². The van der Waals surface area contributed by atoms with E-state index in [0.29, 0.717) is 20.2 Å². The molecule has 0 saturated heterocycles. The van der Waals surface area contributed by atoms with Crippen LogP contribution < -0.4 is 0 Å². The van der Waals surface area contributed by atoms with E-state index in [1.807, 2.05) is 0 Å². The van der Waals surface area contributed by atoms with Gasteiger partial charge in [-0.3, -0.25) is 0 Å². The van der Waals surface area contributed by atoms with Crippen molar-refractivity contribution in [1.29, 1.82) is 0 Å². The SMILES string of the molecule is CC(C)(C)[Si](C)(C)[N-][Si](C)(C)C(C)(C)C.CC(C)(C)[Si](C)(C)[N-][Si](C)(C)C(C)(C)C.[Mg+2]. The Hall–Kier alpha value is 1.55. The number of rotatable bonds is 4. The van der Waals surface area contributed by atoms with Gasteiger partial charge in [0.05, 0.1) is 0 Å². The summed E-state index contributed by atoms with van der Waals surface area (Å²) in [7, 11) is -5.85. The third-order valence-electron chi connectivity index (χ3n) is 8.46. The molecule has 0 amide bonds. The van der Waals surface area contributed by atoms with Crippen LogP contribution in [0.5, 0.6) is 0 Å². The number of hydrogen-bond acceptors (Lipinski definition) is 0. The van der Waals surface area contributed by atoms with Crippen molar-refractivity contribution in [3.63, 3.8) is 0 Å². The molecule has 0 unspecified atom stereocenters. The van der Waals surface area contributed by atoms with Gasteiger partial charge in [0, 0.05) is 0 Å². The van der Waals surface area contributed by atoms with Crippen molar-refractivity contribution in [3.05, 3.63) is 9.30 Å². The molecule has 0 aromatic rings. The Morgan fingerprint density at radius 2 is 0.419 bits per heavy atom. The van der Waals surface area contributed by atoms with E-state index in [2.05, 4.69) is 135 Å². The predicted octanol–water partition coefficient (Wildman–Crippen LogP) is 10.4. The van der Waals surface area contributed by atoms with Crippen LogP contribution in [-0.2, 0) is 0 Å². The van der Waals surface area contributed by atoms with Crippen molar-refractivity contribution in [2.24, 2.45) is 0 Å². The standard InChI is InChI=1S/2C12H30NSi2.Mg/c2*1-11(2,3)14(7,8)13-15(9,10)12(4,5)6;/h2*1-10H3;/q2*-1;+2. The summed E-state index contributed by atoms with van der Waals surface area (Å²) in [6.45, 7) is 47.4. The molecule has 2 nitrogen and oxygen atoms in total. The van der Waals surface area contributed by atoms with Crippen LogP contribution in [-0.4, -0.2) is 56.0 Å². The van der Waals surface area contributed by atoms with Gasteiger partial charge in [0.2, 0.25) is 0 Å². The molecule has 0 spiro atoms. The predicted molar refractivity (Wildman–Crippen MR) is 161 cm³/mol. The van der Waals surface area contributed by atoms with Crippen LogP contribution in [0.15, 0.2) is 0 Å². The van der Waals surface area contributed by atoms with Gasteiger partial charge in [0.15, 0.2) is 0 Å². The Bertz CT molecular complexity index is 446. The minimum Gasteiger partial charge on any atom is -0.666 e. The minimum atomic E-state index is -1.46. The Kier molecular flexibility index (Phi) is 13.3. The zero-order valence-electron chi connectivity index (χ0n) is 25.6. The summed E-state index contributed by atoms with van der Waals surface area (Å²) < 4.78 is 10.7. The summed E-state index contributed by atoms with van der Waals surface area (Å²) in [5.74, 6) is 0. The van der Waals surface area contributed by atoms with Crippen LogP contribution in [0.1, 0.15) is 83.1 Å². The fraction of sp³-hybridized carbons (Fsp3) is 1.00. The summed E-state index contributed by atoms with van der Waals surface area (Å²) in [5.41, 5.74) is 0. The van der Waals surface area contributed by atoms with E-state index in [0.717, 1.165) is 0 Å². The molecular formula is C24H60MgN2Si4. The molecule has 0 saturated carbocycles. The summed E-state index contributed by atoms with van der Waals surface area (Å²) in [6, 6.07) is 0. The molecule has 0 heterocycles. The van der Waals surface area contributed by atoms with Gasteiger partial charge in [0.1, 0.15) is 0 Å². The summed E-state index contributed by atoms with van der Waals surface area (Å²) >= 11 is 0. The zero-order chi connectivity index (χ0) is 25.4. The third kappa shape index (κ3) is 11.2. The fourth-order valence-corrected chi connectivity index (χ4v) is 18.6. The molecule has 0 rings (SSSR count). The van der Waals surface area contributed by atoms with Crippen LogP contribution in [0.25, 0.3) is 9.30 Å². The summed E-state index contributed by atoms with van der Waals surface area (Å²) in [6.07, 6.45) is 0. The second-order valence-corrected chi connectivity index (χ2v) is 35.7. The van der Waals surface area contributed by atoms with Gasteiger partial charge in [-0.15, -0.1) is 0 Å². The van der Waals surface area contributed by atoms with Crippen molar-refractivity contribution < 1.29 is 0 Å². The van der Waals surface area contributed by atoms with Crippen LogP contribution in [0.4, 0.5) is 0 Å². The maximum atomic E-state index is 5.36. The average Bonchev–Trinajstić information content (AvgIpc) is 2.30. The number of nitrogens with zero attached hydrogens (tertiary/aromatic N) is 2. The molecule has 0 aliphatic heterocycles. The van der Waals surface area contributed by atoms with E-state index in [4.69, 9.17) is 9.30 Å². The number of hydrogen-bond donors (Lipinski definition) is 0. The molecule has 0 aromatic carbocycles. The third-order valence-corrected chi connectivity index (χ3v) is 32.1. The molecule has 0 fully saturated rings. The van der Waals surface area contributed by atoms with Crippen LogP contribution in [0, 0.1) is 0 Å². The molecule has 7 heteroatoms. The second-order valence-electron chi connectivity index (χ2n) is 15.5. The van der Waals surface area contributed by atoms with E-state index in [9.17, 15) is 0 Å². The van der Waals surface area contributed by atoms with Gasteiger partial charge in [-0.1, -0.05) is 189 Å². The van der Waals surface area contributed by atoms with Crippen molar-refractivity contribution >= 4 is 56.0 Å². The topological polar surface area (TPSA) is 28.2 Å². The minimum absolute atomic E-state index is 0. The molecular weight excluding hydrogens is 453 g/mol. The molecule has 0 atom stereocenters. The maximum absolute atomic E-state index is 5.36. The Labute approximate surface area is 219 Å². The van der Waals surface area contributed by atoms with E-state index in [1.165, 1.54) is 0 Å². The summed E-state index contributed by atoms with van der Waals surface area (Å²) in [5, 5.41) is 1.51. The van der Waals surface area contributed by atoms with Crippen molar-refractivity contribution in [2.75, 3.05) is 0 Å². The van der Waals surface area contributed by atoms with Crippen LogP contribution in [0.2, 0.25) is 72.5 Å². The fourth-order valence-electron chi connectivity index (χ4n) is 2.07. The van der Waals surface area contributed by atoms with Gasteiger partial charge in [0.25, 0.3) is 0 Å². The van der Waals surface area contributed by atoms with Crippen molar-refractivity contribution in [2.45, 2.75) is 156 Å². The van der Waals surface area contributed by atoms with Gasteiger partial charge in [-0.2, -0.15) is 0 Å². The first-order valence-corrected chi connectivity index (χ1v) is 23.7. The average molecular weight is 513 g/mol. The molecule has 0 bridgehead atoms. The molecule has 184 valence electrons. The van der Waals surface area contributed by atoms with Crippen LogP contribution >= 0.6 is 0 Å². The first-order valence-electron chi connectivity index (χ1n) is 11.9. The normalized spacial score (nSPS) is 15.1. The molecule has 31 heavy (non-hydrogen) atoms. The first kappa shape index (κ1) is 37.1.